The topological polar surface area (TPSA) is 90.8 Å². The first-order valence-electron chi connectivity index (χ1n) is 8.59. The van der Waals surface area contributed by atoms with Crippen molar-refractivity contribution in [1.82, 2.24) is 10.9 Å². The first-order chi connectivity index (χ1) is 12.7. The molecule has 2 aromatic rings. The van der Waals surface area contributed by atoms with Gasteiger partial charge in [0, 0.05) is 12.8 Å². The summed E-state index contributed by atoms with van der Waals surface area (Å²) in [6.45, 7) is 0. The number of unbranched alkanes of at least 4 members (excludes halogenated alkanes) is 2. The molecule has 0 saturated carbocycles. The molecule has 0 aliphatic heterocycles. The van der Waals surface area contributed by atoms with Gasteiger partial charge in [0.05, 0.1) is 6.21 Å². The van der Waals surface area contributed by atoms with Gasteiger partial charge in [0.1, 0.15) is 0 Å². The van der Waals surface area contributed by atoms with Crippen LogP contribution in [0.25, 0.3) is 11.1 Å². The van der Waals surface area contributed by atoms with Crippen LogP contribution in [0.2, 0.25) is 0 Å². The van der Waals surface area contributed by atoms with Crippen LogP contribution in [0.1, 0.15) is 37.7 Å². The fourth-order valence-corrected chi connectivity index (χ4v) is 2.43. The second-order valence-electron chi connectivity index (χ2n) is 5.88. The van der Waals surface area contributed by atoms with E-state index in [2.05, 4.69) is 22.7 Å². The van der Waals surface area contributed by atoms with Gasteiger partial charge < -0.3 is 0 Å². The van der Waals surface area contributed by atoms with Gasteiger partial charge in [-0.1, -0.05) is 61.0 Å². The maximum absolute atomic E-state index is 11.7. The van der Waals surface area contributed by atoms with Gasteiger partial charge >= 0.3 is 0 Å². The Morgan fingerprint density at radius 1 is 0.846 bits per heavy atom. The van der Waals surface area contributed by atoms with E-state index in [-0.39, 0.29) is 12.3 Å². The average Bonchev–Trinajstić information content (AvgIpc) is 2.68. The minimum atomic E-state index is -0.405. The summed E-state index contributed by atoms with van der Waals surface area (Å²) in [5, 5.41) is 12.3. The summed E-state index contributed by atoms with van der Waals surface area (Å²) in [6.07, 6.45) is 4.27. The van der Waals surface area contributed by atoms with Crippen LogP contribution in [0.3, 0.4) is 0 Å². The van der Waals surface area contributed by atoms with E-state index in [1.165, 1.54) is 0 Å². The molecule has 0 saturated heterocycles. The standard InChI is InChI=1S/C20H23N3O3/c24-19(9-5-2-6-10-20(25)23-26)22-21-15-16-11-13-18(14-12-16)17-7-3-1-4-8-17/h1,3-4,7-8,11-15,26H,2,5-6,9-10H2,(H,22,24)(H,23,25). The first kappa shape index (κ1) is 19.3. The van der Waals surface area contributed by atoms with Crippen LogP contribution in [-0.4, -0.2) is 23.2 Å². The maximum atomic E-state index is 11.7. The molecule has 2 amide bonds. The monoisotopic (exact) mass is 353 g/mol. The zero-order valence-electron chi connectivity index (χ0n) is 14.5. The predicted molar refractivity (Wildman–Crippen MR) is 101 cm³/mol. The summed E-state index contributed by atoms with van der Waals surface area (Å²) in [5.74, 6) is -0.564. The maximum Gasteiger partial charge on any atom is 0.243 e. The zero-order valence-corrected chi connectivity index (χ0v) is 14.5. The van der Waals surface area contributed by atoms with Crippen molar-refractivity contribution in [3.63, 3.8) is 0 Å². The van der Waals surface area contributed by atoms with Crippen LogP contribution in [-0.2, 0) is 9.59 Å². The fourth-order valence-electron chi connectivity index (χ4n) is 2.43. The highest BCUT2D eigenvalue weighted by Crippen LogP contribution is 2.18. The third kappa shape index (κ3) is 6.86. The number of carbonyl (C=O) groups excluding carboxylic acids is 2. The molecule has 0 spiro atoms. The average molecular weight is 353 g/mol. The molecule has 0 radical (unpaired) electrons. The number of hydrogen-bond donors (Lipinski definition) is 3. The summed E-state index contributed by atoms with van der Waals surface area (Å²) in [5.41, 5.74) is 7.27. The molecule has 0 fully saturated rings. The molecule has 6 nitrogen and oxygen atoms in total. The number of nitrogens with one attached hydrogen (secondary N) is 2. The van der Waals surface area contributed by atoms with E-state index >= 15 is 0 Å². The van der Waals surface area contributed by atoms with Gasteiger partial charge in [-0.3, -0.25) is 14.8 Å². The summed E-state index contributed by atoms with van der Waals surface area (Å²) in [7, 11) is 0. The molecular formula is C20H23N3O3. The highest BCUT2D eigenvalue weighted by Gasteiger charge is 2.02. The molecule has 0 heterocycles. The lowest BCUT2D eigenvalue weighted by Gasteiger charge is -2.02. The van der Waals surface area contributed by atoms with Crippen molar-refractivity contribution in [2.24, 2.45) is 5.10 Å². The quantitative estimate of drug-likeness (QED) is 0.280. The molecule has 0 aromatic heterocycles. The Bertz CT molecular complexity index is 728. The third-order valence-corrected chi connectivity index (χ3v) is 3.85. The van der Waals surface area contributed by atoms with Crippen LogP contribution in [0.5, 0.6) is 0 Å². The van der Waals surface area contributed by atoms with E-state index in [1.807, 2.05) is 42.5 Å². The molecule has 0 atom stereocenters. The molecule has 0 aliphatic rings. The van der Waals surface area contributed by atoms with E-state index in [1.54, 1.807) is 11.7 Å². The van der Waals surface area contributed by atoms with E-state index in [0.717, 1.165) is 23.1 Å². The third-order valence-electron chi connectivity index (χ3n) is 3.85. The van der Waals surface area contributed by atoms with Crippen molar-refractivity contribution in [3.8, 4) is 11.1 Å². The van der Waals surface area contributed by atoms with E-state index < -0.39 is 5.91 Å². The highest BCUT2D eigenvalue weighted by atomic mass is 16.5. The zero-order chi connectivity index (χ0) is 18.6. The van der Waals surface area contributed by atoms with Gasteiger partial charge in [-0.15, -0.1) is 0 Å². The van der Waals surface area contributed by atoms with Gasteiger partial charge in [-0.05, 0) is 29.5 Å². The molecule has 26 heavy (non-hydrogen) atoms. The van der Waals surface area contributed by atoms with Crippen LogP contribution in [0, 0.1) is 0 Å². The number of benzene rings is 2. The van der Waals surface area contributed by atoms with Gasteiger partial charge in [-0.25, -0.2) is 10.9 Å². The number of rotatable bonds is 9. The van der Waals surface area contributed by atoms with Gasteiger partial charge in [0.2, 0.25) is 11.8 Å². The normalized spacial score (nSPS) is 10.7. The van der Waals surface area contributed by atoms with Crippen LogP contribution >= 0.6 is 0 Å². The number of hydroxylamine groups is 1. The number of hydrazone groups is 1. The number of carbonyl (C=O) groups is 2. The lowest BCUT2D eigenvalue weighted by atomic mass is 10.0. The molecule has 2 aromatic carbocycles. The van der Waals surface area contributed by atoms with Crippen molar-refractivity contribution < 1.29 is 14.8 Å². The van der Waals surface area contributed by atoms with Crippen LogP contribution < -0.4 is 10.9 Å². The van der Waals surface area contributed by atoms with Gasteiger partial charge in [0.15, 0.2) is 0 Å². The number of amides is 2. The first-order valence-corrected chi connectivity index (χ1v) is 8.59. The largest absolute Gasteiger partial charge is 0.289 e. The molecule has 0 unspecified atom stereocenters. The summed E-state index contributed by atoms with van der Waals surface area (Å²) in [6, 6.07) is 18.0. The van der Waals surface area contributed by atoms with Crippen LogP contribution in [0.15, 0.2) is 59.7 Å². The molecule has 0 aliphatic carbocycles. The van der Waals surface area contributed by atoms with Crippen LogP contribution in [0.4, 0.5) is 0 Å². The van der Waals surface area contributed by atoms with Crippen molar-refractivity contribution in [2.45, 2.75) is 32.1 Å². The minimum absolute atomic E-state index is 0.159. The van der Waals surface area contributed by atoms with Crippen molar-refractivity contribution in [1.29, 1.82) is 0 Å². The Balaban J connectivity index is 1.69. The molecule has 0 bridgehead atoms. The molecule has 6 heteroatoms. The van der Waals surface area contributed by atoms with E-state index in [9.17, 15) is 9.59 Å². The molecule has 2 rings (SSSR count). The Hall–Kier alpha value is -2.99. The van der Waals surface area contributed by atoms with Gasteiger partial charge in [0.25, 0.3) is 0 Å². The van der Waals surface area contributed by atoms with Crippen molar-refractivity contribution >= 4 is 18.0 Å². The predicted octanol–water partition coefficient (Wildman–Crippen LogP) is 3.26. The fraction of sp³-hybridized carbons (Fsp3) is 0.250. The Morgan fingerprint density at radius 3 is 2.12 bits per heavy atom. The van der Waals surface area contributed by atoms with E-state index in [4.69, 9.17) is 5.21 Å². The molecular weight excluding hydrogens is 330 g/mol. The SMILES string of the molecule is O=C(CCCCCC(=O)NN=Cc1ccc(-c2ccccc2)cc1)NO. The van der Waals surface area contributed by atoms with E-state index in [0.29, 0.717) is 19.3 Å². The van der Waals surface area contributed by atoms with Crippen molar-refractivity contribution in [3.05, 3.63) is 60.2 Å². The molecule has 3 N–H and O–H groups in total. The summed E-state index contributed by atoms with van der Waals surface area (Å²) >= 11 is 0. The minimum Gasteiger partial charge on any atom is -0.289 e. The Morgan fingerprint density at radius 2 is 1.46 bits per heavy atom. The lowest BCUT2D eigenvalue weighted by molar-refractivity contribution is -0.129. The smallest absolute Gasteiger partial charge is 0.243 e. The van der Waals surface area contributed by atoms with Crippen molar-refractivity contribution in [2.75, 3.05) is 0 Å². The Labute approximate surface area is 152 Å². The number of nitrogens with zero attached hydrogens (tertiary/aromatic N) is 1. The van der Waals surface area contributed by atoms with Gasteiger partial charge in [-0.2, -0.15) is 5.10 Å². The summed E-state index contributed by atoms with van der Waals surface area (Å²) in [4.78, 5) is 22.5. The highest BCUT2D eigenvalue weighted by molar-refractivity contribution is 5.83. The lowest BCUT2D eigenvalue weighted by Crippen LogP contribution is -2.18. The number of hydrogen-bond acceptors (Lipinski definition) is 4. The second-order valence-corrected chi connectivity index (χ2v) is 5.88. The molecule has 136 valence electrons. The second kappa shape index (κ2) is 10.8. The Kier molecular flexibility index (Phi) is 8.02. The summed E-state index contributed by atoms with van der Waals surface area (Å²) < 4.78 is 0.